The van der Waals surface area contributed by atoms with Gasteiger partial charge in [-0.3, -0.25) is 4.79 Å². The standard InChI is InChI=1S/C25H34N4O3S/c1-3-29(4-2)33(31,32)22-12-13-24(27-14-8-9-15-27)23(20-22)25(30)28-18-16-26(17-19-28)21-10-6-5-7-11-21/h5-7,10-13,20H,3-4,8-9,14-19H2,1-2H3. The number of hydrogen-bond donors (Lipinski definition) is 0. The molecule has 0 bridgehead atoms. The lowest BCUT2D eigenvalue weighted by atomic mass is 10.1. The average molecular weight is 471 g/mol. The van der Waals surface area contributed by atoms with Crippen LogP contribution in [-0.2, 0) is 10.0 Å². The highest BCUT2D eigenvalue weighted by molar-refractivity contribution is 7.89. The molecule has 0 saturated carbocycles. The van der Waals surface area contributed by atoms with Crippen LogP contribution in [0.3, 0.4) is 0 Å². The summed E-state index contributed by atoms with van der Waals surface area (Å²) in [7, 11) is -3.64. The molecule has 0 aliphatic carbocycles. The summed E-state index contributed by atoms with van der Waals surface area (Å²) in [6.45, 7) is 8.98. The molecule has 1 amide bonds. The summed E-state index contributed by atoms with van der Waals surface area (Å²) in [4.78, 5) is 20.2. The third-order valence-corrected chi connectivity index (χ3v) is 8.72. The number of piperazine rings is 1. The molecule has 2 aromatic rings. The highest BCUT2D eigenvalue weighted by Gasteiger charge is 2.29. The van der Waals surface area contributed by atoms with Crippen LogP contribution in [0.25, 0.3) is 0 Å². The lowest BCUT2D eigenvalue weighted by Crippen LogP contribution is -2.49. The van der Waals surface area contributed by atoms with Gasteiger partial charge in [0.25, 0.3) is 5.91 Å². The van der Waals surface area contributed by atoms with E-state index in [1.54, 1.807) is 12.1 Å². The third-order valence-electron chi connectivity index (χ3n) is 6.68. The SMILES string of the molecule is CCN(CC)S(=O)(=O)c1ccc(N2CCCC2)c(C(=O)N2CCN(c3ccccc3)CC2)c1. The molecule has 7 nitrogen and oxygen atoms in total. The number of nitrogens with zero attached hydrogens (tertiary/aromatic N) is 4. The minimum Gasteiger partial charge on any atom is -0.371 e. The van der Waals surface area contributed by atoms with E-state index in [4.69, 9.17) is 0 Å². The van der Waals surface area contributed by atoms with Gasteiger partial charge >= 0.3 is 0 Å². The molecule has 0 N–H and O–H groups in total. The molecule has 2 aliphatic heterocycles. The predicted octanol–water partition coefficient (Wildman–Crippen LogP) is 3.28. The summed E-state index contributed by atoms with van der Waals surface area (Å²) in [5.41, 5.74) is 2.51. The van der Waals surface area contributed by atoms with Gasteiger partial charge in [-0.1, -0.05) is 32.0 Å². The van der Waals surface area contributed by atoms with Crippen molar-refractivity contribution < 1.29 is 13.2 Å². The number of carbonyl (C=O) groups is 1. The van der Waals surface area contributed by atoms with Crippen molar-refractivity contribution in [2.45, 2.75) is 31.6 Å². The summed E-state index contributed by atoms with van der Waals surface area (Å²) in [6.07, 6.45) is 2.17. The summed E-state index contributed by atoms with van der Waals surface area (Å²) in [5.74, 6) is -0.0822. The van der Waals surface area contributed by atoms with Crippen LogP contribution in [-0.4, -0.2) is 75.9 Å². The molecule has 2 saturated heterocycles. The molecular formula is C25H34N4O3S. The Morgan fingerprint density at radius 1 is 0.848 bits per heavy atom. The summed E-state index contributed by atoms with van der Waals surface area (Å²) in [6, 6.07) is 15.3. The van der Waals surface area contributed by atoms with Crippen molar-refractivity contribution in [3.8, 4) is 0 Å². The lowest BCUT2D eigenvalue weighted by Gasteiger charge is -2.36. The number of rotatable bonds is 7. The molecule has 0 radical (unpaired) electrons. The minimum atomic E-state index is -3.64. The van der Waals surface area contributed by atoms with Crippen LogP contribution in [0, 0.1) is 0 Å². The van der Waals surface area contributed by atoms with E-state index < -0.39 is 10.0 Å². The van der Waals surface area contributed by atoms with E-state index in [1.165, 1.54) is 4.31 Å². The van der Waals surface area contributed by atoms with Crippen molar-refractivity contribution in [3.05, 3.63) is 54.1 Å². The van der Waals surface area contributed by atoms with E-state index in [2.05, 4.69) is 21.9 Å². The highest BCUT2D eigenvalue weighted by Crippen LogP contribution is 2.30. The summed E-state index contributed by atoms with van der Waals surface area (Å²) >= 11 is 0. The quantitative estimate of drug-likeness (QED) is 0.621. The number of sulfonamides is 1. The van der Waals surface area contributed by atoms with Crippen LogP contribution in [0.15, 0.2) is 53.4 Å². The first-order valence-corrected chi connectivity index (χ1v) is 13.4. The smallest absolute Gasteiger partial charge is 0.256 e. The number of anilines is 2. The van der Waals surface area contributed by atoms with E-state index in [0.717, 1.165) is 50.4 Å². The molecule has 0 spiro atoms. The maximum absolute atomic E-state index is 13.7. The average Bonchev–Trinajstić information content (AvgIpc) is 3.39. The van der Waals surface area contributed by atoms with E-state index in [9.17, 15) is 13.2 Å². The molecule has 0 unspecified atom stereocenters. The van der Waals surface area contributed by atoms with Crippen LogP contribution in [0.4, 0.5) is 11.4 Å². The summed E-state index contributed by atoms with van der Waals surface area (Å²) < 4.78 is 27.8. The third kappa shape index (κ3) is 4.87. The fourth-order valence-electron chi connectivity index (χ4n) is 4.77. The maximum atomic E-state index is 13.7. The Balaban J connectivity index is 1.61. The number of para-hydroxylation sites is 1. The first kappa shape index (κ1) is 23.6. The second kappa shape index (κ2) is 10.1. The Bertz CT molecular complexity index is 1060. The van der Waals surface area contributed by atoms with Crippen molar-refractivity contribution in [1.82, 2.24) is 9.21 Å². The zero-order valence-electron chi connectivity index (χ0n) is 19.6. The molecule has 0 atom stereocenters. The topological polar surface area (TPSA) is 64.2 Å². The molecule has 2 heterocycles. The number of hydrogen-bond acceptors (Lipinski definition) is 5. The van der Waals surface area contributed by atoms with E-state index >= 15 is 0 Å². The maximum Gasteiger partial charge on any atom is 0.256 e. The van der Waals surface area contributed by atoms with Crippen LogP contribution in [0.2, 0.25) is 0 Å². The molecule has 8 heteroatoms. The molecule has 4 rings (SSSR count). The van der Waals surface area contributed by atoms with Crippen molar-refractivity contribution in [3.63, 3.8) is 0 Å². The van der Waals surface area contributed by atoms with Gasteiger partial charge in [0, 0.05) is 63.7 Å². The Morgan fingerprint density at radius 2 is 1.48 bits per heavy atom. The highest BCUT2D eigenvalue weighted by atomic mass is 32.2. The second-order valence-electron chi connectivity index (χ2n) is 8.58. The number of carbonyl (C=O) groups excluding carboxylic acids is 1. The Labute approximate surface area is 197 Å². The predicted molar refractivity (Wildman–Crippen MR) is 133 cm³/mol. The number of amides is 1. The van der Waals surface area contributed by atoms with Gasteiger partial charge in [-0.2, -0.15) is 4.31 Å². The fourth-order valence-corrected chi connectivity index (χ4v) is 6.25. The first-order valence-electron chi connectivity index (χ1n) is 11.9. The van der Waals surface area contributed by atoms with Crippen LogP contribution < -0.4 is 9.80 Å². The number of benzene rings is 2. The zero-order valence-corrected chi connectivity index (χ0v) is 20.4. The summed E-state index contributed by atoms with van der Waals surface area (Å²) in [5, 5.41) is 0. The Hall–Kier alpha value is -2.58. The van der Waals surface area contributed by atoms with Gasteiger partial charge in [0.05, 0.1) is 10.5 Å². The Morgan fingerprint density at radius 3 is 2.09 bits per heavy atom. The van der Waals surface area contributed by atoms with Gasteiger partial charge in [-0.15, -0.1) is 0 Å². The lowest BCUT2D eigenvalue weighted by molar-refractivity contribution is 0.0747. The monoisotopic (exact) mass is 470 g/mol. The first-order chi connectivity index (χ1) is 16.0. The molecule has 0 aromatic heterocycles. The van der Waals surface area contributed by atoms with Crippen molar-refractivity contribution >= 4 is 27.3 Å². The zero-order chi connectivity index (χ0) is 23.4. The molecule has 2 fully saturated rings. The second-order valence-corrected chi connectivity index (χ2v) is 10.5. The molecule has 2 aromatic carbocycles. The van der Waals surface area contributed by atoms with Gasteiger partial charge in [0.15, 0.2) is 0 Å². The van der Waals surface area contributed by atoms with E-state index in [-0.39, 0.29) is 10.8 Å². The van der Waals surface area contributed by atoms with Gasteiger partial charge in [-0.05, 0) is 43.2 Å². The normalized spacial score (nSPS) is 17.1. The van der Waals surface area contributed by atoms with Crippen LogP contribution >= 0.6 is 0 Å². The minimum absolute atomic E-state index is 0.0822. The van der Waals surface area contributed by atoms with E-state index in [1.807, 2.05) is 43.0 Å². The Kier molecular flexibility index (Phi) is 7.24. The van der Waals surface area contributed by atoms with Crippen LogP contribution in [0.5, 0.6) is 0 Å². The van der Waals surface area contributed by atoms with Gasteiger partial charge < -0.3 is 14.7 Å². The van der Waals surface area contributed by atoms with Crippen molar-refractivity contribution in [2.24, 2.45) is 0 Å². The fraction of sp³-hybridized carbons (Fsp3) is 0.480. The van der Waals surface area contributed by atoms with Gasteiger partial charge in [0.2, 0.25) is 10.0 Å². The van der Waals surface area contributed by atoms with Crippen molar-refractivity contribution in [2.75, 3.05) is 62.2 Å². The molecular weight excluding hydrogens is 436 g/mol. The van der Waals surface area contributed by atoms with Crippen molar-refractivity contribution in [1.29, 1.82) is 0 Å². The largest absolute Gasteiger partial charge is 0.371 e. The van der Waals surface area contributed by atoms with Gasteiger partial charge in [-0.25, -0.2) is 8.42 Å². The van der Waals surface area contributed by atoms with E-state index in [0.29, 0.717) is 31.7 Å². The molecule has 2 aliphatic rings. The van der Waals surface area contributed by atoms with Crippen LogP contribution in [0.1, 0.15) is 37.0 Å². The van der Waals surface area contributed by atoms with Gasteiger partial charge in [0.1, 0.15) is 0 Å². The molecule has 33 heavy (non-hydrogen) atoms. The molecule has 178 valence electrons.